The standard InChI is InChI=1S/C10H11N7O4/c11-16-15-10-13-8-7(9(20)14-10)12-3-17(8)6-1-4(19)5(2-18)21-6/h3-6,18-19H,1-2H2,(H,13,14,20)/t4-,5+,6+/m0/s1. The second-order valence-corrected chi connectivity index (χ2v) is 4.48. The van der Waals surface area contributed by atoms with Crippen LogP contribution in [0.1, 0.15) is 12.6 Å². The van der Waals surface area contributed by atoms with Crippen molar-refractivity contribution in [3.05, 3.63) is 16.8 Å². The average molecular weight is 293 g/mol. The number of rotatable bonds is 3. The van der Waals surface area contributed by atoms with Crippen LogP contribution in [-0.4, -0.2) is 53.7 Å². The summed E-state index contributed by atoms with van der Waals surface area (Å²) in [6.45, 7) is -0.311. The molecule has 3 heterocycles. The van der Waals surface area contributed by atoms with E-state index in [1.807, 2.05) is 0 Å². The number of fused-ring (bicyclic) bond motifs is 1. The lowest BCUT2D eigenvalue weighted by molar-refractivity contribution is -0.0432. The van der Waals surface area contributed by atoms with Gasteiger partial charge in [0.25, 0.3) is 0 Å². The number of ether oxygens (including phenoxy) is 1. The van der Waals surface area contributed by atoms with Gasteiger partial charge < -0.3 is 20.1 Å². The molecule has 3 rings (SSSR count). The minimum Gasteiger partial charge on any atom is -0.492 e. The van der Waals surface area contributed by atoms with E-state index in [2.05, 4.69) is 25.0 Å². The van der Waals surface area contributed by atoms with E-state index in [-0.39, 0.29) is 30.1 Å². The molecule has 1 fully saturated rings. The maximum atomic E-state index is 9.76. The van der Waals surface area contributed by atoms with Crippen molar-refractivity contribution in [3.8, 4) is 5.88 Å². The van der Waals surface area contributed by atoms with E-state index in [4.69, 9.17) is 15.4 Å². The summed E-state index contributed by atoms with van der Waals surface area (Å²) in [5.74, 6) is -0.667. The van der Waals surface area contributed by atoms with Crippen LogP contribution in [0, 0.1) is 0 Å². The Labute approximate surface area is 117 Å². The van der Waals surface area contributed by atoms with Crippen molar-refractivity contribution < 1.29 is 20.1 Å². The van der Waals surface area contributed by atoms with Crippen LogP contribution >= 0.6 is 0 Å². The molecule has 0 bridgehead atoms. The fraction of sp³-hybridized carbons (Fsp3) is 0.500. The number of nitrogens with zero attached hydrogens (tertiary/aromatic N) is 7. The second kappa shape index (κ2) is 5.14. The van der Waals surface area contributed by atoms with Crippen LogP contribution in [0.3, 0.4) is 0 Å². The lowest BCUT2D eigenvalue weighted by Crippen LogP contribution is -2.24. The van der Waals surface area contributed by atoms with Gasteiger partial charge in [-0.1, -0.05) is 0 Å². The van der Waals surface area contributed by atoms with Gasteiger partial charge in [-0.25, -0.2) is 9.97 Å². The van der Waals surface area contributed by atoms with Gasteiger partial charge in [0.1, 0.15) is 12.3 Å². The number of aromatic hydroxyl groups is 1. The molecule has 0 radical (unpaired) electrons. The zero-order valence-electron chi connectivity index (χ0n) is 10.6. The number of imidazole rings is 1. The molecule has 3 atom stereocenters. The van der Waals surface area contributed by atoms with Crippen LogP contribution in [0.2, 0.25) is 0 Å². The van der Waals surface area contributed by atoms with Crippen LogP contribution in [-0.2, 0) is 4.74 Å². The minimum atomic E-state index is -0.815. The molecule has 0 saturated carbocycles. The van der Waals surface area contributed by atoms with Crippen molar-refractivity contribution in [2.45, 2.75) is 24.9 Å². The monoisotopic (exact) mass is 293 g/mol. The predicted octanol–water partition coefficient (Wildman–Crippen LogP) is 0.114. The zero-order chi connectivity index (χ0) is 15.0. The molecule has 0 aliphatic carbocycles. The van der Waals surface area contributed by atoms with E-state index in [1.54, 1.807) is 0 Å². The summed E-state index contributed by atoms with van der Waals surface area (Å²) >= 11 is 0. The Morgan fingerprint density at radius 2 is 2.33 bits per heavy atom. The molecule has 1 aliphatic heterocycles. The molecule has 11 heteroatoms. The number of azide groups is 1. The van der Waals surface area contributed by atoms with E-state index in [9.17, 15) is 10.2 Å². The molecule has 0 unspecified atom stereocenters. The van der Waals surface area contributed by atoms with Crippen molar-refractivity contribution in [2.75, 3.05) is 6.61 Å². The topological polar surface area (TPSA) is 162 Å². The molecule has 110 valence electrons. The van der Waals surface area contributed by atoms with Gasteiger partial charge in [0.15, 0.2) is 11.2 Å². The predicted molar refractivity (Wildman–Crippen MR) is 67.4 cm³/mol. The normalized spacial score (nSPS) is 25.1. The quantitative estimate of drug-likeness (QED) is 0.411. The molecular formula is C10H11N7O4. The Bertz CT molecular complexity index is 726. The first-order valence-corrected chi connectivity index (χ1v) is 6.07. The second-order valence-electron chi connectivity index (χ2n) is 4.48. The van der Waals surface area contributed by atoms with Crippen molar-refractivity contribution in [2.24, 2.45) is 5.11 Å². The van der Waals surface area contributed by atoms with E-state index in [0.717, 1.165) is 0 Å². The largest absolute Gasteiger partial charge is 0.492 e. The number of aliphatic hydroxyl groups excluding tert-OH is 2. The number of hydrogen-bond acceptors (Lipinski definition) is 8. The Hall–Kier alpha value is -2.46. The zero-order valence-corrected chi connectivity index (χ0v) is 10.6. The Balaban J connectivity index is 2.05. The van der Waals surface area contributed by atoms with E-state index in [0.29, 0.717) is 0 Å². The number of hydrogen-bond donors (Lipinski definition) is 3. The molecule has 3 N–H and O–H groups in total. The van der Waals surface area contributed by atoms with Gasteiger partial charge in [-0.2, -0.15) is 4.98 Å². The molecule has 1 saturated heterocycles. The smallest absolute Gasteiger partial charge is 0.243 e. The summed E-state index contributed by atoms with van der Waals surface area (Å²) in [6, 6.07) is 0. The first-order valence-electron chi connectivity index (χ1n) is 6.07. The van der Waals surface area contributed by atoms with Crippen molar-refractivity contribution >= 4 is 17.1 Å². The number of aromatic nitrogens is 4. The van der Waals surface area contributed by atoms with Gasteiger partial charge in [-0.05, 0) is 10.6 Å². The average Bonchev–Trinajstić information content (AvgIpc) is 3.02. The molecule has 0 aromatic carbocycles. The van der Waals surface area contributed by atoms with Crippen molar-refractivity contribution in [3.63, 3.8) is 0 Å². The van der Waals surface area contributed by atoms with Crippen LogP contribution < -0.4 is 0 Å². The molecule has 0 spiro atoms. The fourth-order valence-electron chi connectivity index (χ4n) is 2.24. The highest BCUT2D eigenvalue weighted by atomic mass is 16.5. The van der Waals surface area contributed by atoms with Gasteiger partial charge in [-0.15, -0.1) is 0 Å². The van der Waals surface area contributed by atoms with E-state index in [1.165, 1.54) is 10.9 Å². The third-order valence-corrected chi connectivity index (χ3v) is 3.22. The van der Waals surface area contributed by atoms with Crippen LogP contribution in [0.25, 0.3) is 21.6 Å². The summed E-state index contributed by atoms with van der Waals surface area (Å²) in [5, 5.41) is 31.8. The first kappa shape index (κ1) is 13.5. The summed E-state index contributed by atoms with van der Waals surface area (Å²) in [5.41, 5.74) is 8.74. The third-order valence-electron chi connectivity index (χ3n) is 3.22. The van der Waals surface area contributed by atoms with Crippen LogP contribution in [0.5, 0.6) is 5.88 Å². The Morgan fingerprint density at radius 1 is 1.52 bits per heavy atom. The highest BCUT2D eigenvalue weighted by molar-refractivity contribution is 5.77. The maximum absolute atomic E-state index is 9.76. The van der Waals surface area contributed by atoms with Gasteiger partial charge in [0, 0.05) is 11.3 Å². The van der Waals surface area contributed by atoms with Gasteiger partial charge in [0.2, 0.25) is 11.8 Å². The summed E-state index contributed by atoms with van der Waals surface area (Å²) in [6.07, 6.45) is -0.506. The summed E-state index contributed by atoms with van der Waals surface area (Å²) in [4.78, 5) is 14.1. The summed E-state index contributed by atoms with van der Waals surface area (Å²) < 4.78 is 6.97. The highest BCUT2D eigenvalue weighted by Crippen LogP contribution is 2.32. The Kier molecular flexibility index (Phi) is 3.31. The molecule has 0 amide bonds. The van der Waals surface area contributed by atoms with Crippen molar-refractivity contribution in [1.29, 1.82) is 0 Å². The van der Waals surface area contributed by atoms with Crippen molar-refractivity contribution in [1.82, 2.24) is 19.5 Å². The third kappa shape index (κ3) is 2.23. The summed E-state index contributed by atoms with van der Waals surface area (Å²) in [7, 11) is 0. The molecule has 1 aliphatic rings. The van der Waals surface area contributed by atoms with Crippen LogP contribution in [0.4, 0.5) is 5.95 Å². The maximum Gasteiger partial charge on any atom is 0.243 e. The van der Waals surface area contributed by atoms with Gasteiger partial charge >= 0.3 is 0 Å². The molecular weight excluding hydrogens is 282 g/mol. The molecule has 11 nitrogen and oxygen atoms in total. The molecule has 2 aromatic heterocycles. The SMILES string of the molecule is [N-]=[N+]=Nc1nc(O)c2ncn([C@H]3C[C@H](O)[C@@H](CO)O3)c2n1. The Morgan fingerprint density at radius 3 is 3.00 bits per heavy atom. The fourth-order valence-corrected chi connectivity index (χ4v) is 2.24. The molecule has 2 aromatic rings. The van der Waals surface area contributed by atoms with E-state index >= 15 is 0 Å². The lowest BCUT2D eigenvalue weighted by atomic mass is 10.2. The van der Waals surface area contributed by atoms with E-state index < -0.39 is 24.3 Å². The minimum absolute atomic E-state index is 0.123. The lowest BCUT2D eigenvalue weighted by Gasteiger charge is -2.13. The van der Waals surface area contributed by atoms with Crippen LogP contribution in [0.15, 0.2) is 11.4 Å². The molecule has 21 heavy (non-hydrogen) atoms. The first-order chi connectivity index (χ1) is 10.1. The van der Waals surface area contributed by atoms with Gasteiger partial charge in [0.05, 0.1) is 19.0 Å². The highest BCUT2D eigenvalue weighted by Gasteiger charge is 2.35. The van der Waals surface area contributed by atoms with Gasteiger partial charge in [-0.3, -0.25) is 4.57 Å². The number of aliphatic hydroxyl groups is 2.